The minimum absolute atomic E-state index is 0.0600. The summed E-state index contributed by atoms with van der Waals surface area (Å²) in [6.07, 6.45) is 4.93. The fourth-order valence-corrected chi connectivity index (χ4v) is 5.04. The van der Waals surface area contributed by atoms with Gasteiger partial charge in [-0.3, -0.25) is 9.59 Å². The first-order valence-electron chi connectivity index (χ1n) is 11.5. The van der Waals surface area contributed by atoms with Crippen LogP contribution in [0, 0.1) is 0 Å². The molecule has 0 bridgehead atoms. The molecule has 2 aromatic heterocycles. The van der Waals surface area contributed by atoms with E-state index in [1.165, 1.54) is 6.33 Å². The van der Waals surface area contributed by atoms with Crippen LogP contribution < -0.4 is 10.1 Å². The number of likely N-dealkylation sites (tertiary alicyclic amines) is 1. The molecule has 1 saturated heterocycles. The number of ketones is 1. The van der Waals surface area contributed by atoms with Crippen LogP contribution >= 0.6 is 27.5 Å². The van der Waals surface area contributed by atoms with Gasteiger partial charge in [0.05, 0.1) is 21.3 Å². The fraction of sp³-hybridized carbons (Fsp3) is 0.231. The lowest BCUT2D eigenvalue weighted by atomic mass is 10.0. The first kappa shape index (κ1) is 24.3. The number of amides is 1. The molecular weight excluding hydrogens is 546 g/mol. The molecule has 3 heterocycles. The zero-order valence-electron chi connectivity index (χ0n) is 19.2. The molecule has 0 saturated carbocycles. The smallest absolute Gasteiger partial charge is 0.233 e. The van der Waals surface area contributed by atoms with Gasteiger partial charge in [0.25, 0.3) is 0 Å². The fourth-order valence-electron chi connectivity index (χ4n) is 4.46. The third kappa shape index (κ3) is 4.94. The molecule has 4 aromatic rings. The second-order valence-electron chi connectivity index (χ2n) is 8.43. The molecule has 10 heteroatoms. The van der Waals surface area contributed by atoms with Crippen molar-refractivity contribution in [2.24, 2.45) is 0 Å². The molecule has 1 unspecified atom stereocenters. The molecule has 1 fully saturated rings. The van der Waals surface area contributed by atoms with Crippen LogP contribution in [0.5, 0.6) is 11.5 Å². The van der Waals surface area contributed by atoms with Crippen LogP contribution in [-0.4, -0.2) is 56.0 Å². The van der Waals surface area contributed by atoms with Gasteiger partial charge in [0.2, 0.25) is 5.91 Å². The Bertz CT molecular complexity index is 1410. The van der Waals surface area contributed by atoms with E-state index in [9.17, 15) is 9.59 Å². The molecule has 2 N–H and O–H groups in total. The number of carbonyl (C=O) groups is 2. The first-order chi connectivity index (χ1) is 17.5. The minimum Gasteiger partial charge on any atom is -0.457 e. The predicted octanol–water partition coefficient (Wildman–Crippen LogP) is 5.43. The Morgan fingerprint density at radius 1 is 1.14 bits per heavy atom. The molecular formula is C26H23BrClN5O3. The maximum absolute atomic E-state index is 13.5. The van der Waals surface area contributed by atoms with Crippen LogP contribution in [0.1, 0.15) is 28.8 Å². The summed E-state index contributed by atoms with van der Waals surface area (Å²) in [5, 5.41) is 4.50. The number of carbonyl (C=O) groups excluding carboxylic acids is 2. The molecule has 0 spiro atoms. The van der Waals surface area contributed by atoms with Gasteiger partial charge in [0.15, 0.2) is 5.78 Å². The topological polar surface area (TPSA) is 100 Å². The standard InChI is InChI=1S/C26H23BrClN5O3/c27-12-22(34)33-10-4-5-16(33)13-29-25-23-20(14-30-26(23)32-15-31-25)24(35)19-9-8-18(11-21(19)28)36-17-6-2-1-3-7-17/h1-3,6-9,11,14-16H,4-5,10,12-13H2,(H2,29,30,31,32). The lowest BCUT2D eigenvalue weighted by molar-refractivity contribution is -0.128. The van der Waals surface area contributed by atoms with Crippen LogP contribution in [0.3, 0.4) is 0 Å². The van der Waals surface area contributed by atoms with E-state index in [1.54, 1.807) is 24.4 Å². The normalized spacial score (nSPS) is 15.3. The number of aromatic nitrogens is 3. The molecule has 0 aliphatic carbocycles. The van der Waals surface area contributed by atoms with Gasteiger partial charge in [-0.05, 0) is 37.1 Å². The molecule has 1 aliphatic heterocycles. The zero-order valence-corrected chi connectivity index (χ0v) is 21.6. The number of ether oxygens (including phenoxy) is 1. The van der Waals surface area contributed by atoms with E-state index in [2.05, 4.69) is 36.2 Å². The van der Waals surface area contributed by atoms with Crippen LogP contribution in [0.4, 0.5) is 5.82 Å². The number of aromatic amines is 1. The number of H-pyrrole nitrogens is 1. The number of anilines is 1. The van der Waals surface area contributed by atoms with E-state index < -0.39 is 0 Å². The van der Waals surface area contributed by atoms with Crippen molar-refractivity contribution in [2.75, 3.05) is 23.7 Å². The number of alkyl halides is 1. The summed E-state index contributed by atoms with van der Waals surface area (Å²) in [4.78, 5) is 39.3. The Morgan fingerprint density at radius 2 is 1.97 bits per heavy atom. The number of hydrogen-bond donors (Lipinski definition) is 2. The Kier molecular flexibility index (Phi) is 7.20. The number of nitrogens with one attached hydrogen (secondary N) is 2. The van der Waals surface area contributed by atoms with Crippen molar-refractivity contribution in [3.05, 3.63) is 77.2 Å². The number of hydrogen-bond acceptors (Lipinski definition) is 6. The number of rotatable bonds is 8. The molecule has 8 nitrogen and oxygen atoms in total. The molecule has 1 atom stereocenters. The van der Waals surface area contributed by atoms with Gasteiger partial charge in [-0.2, -0.15) is 0 Å². The Balaban J connectivity index is 1.39. The maximum atomic E-state index is 13.5. The van der Waals surface area contributed by atoms with E-state index >= 15 is 0 Å². The Labute approximate surface area is 221 Å². The number of fused-ring (bicyclic) bond motifs is 1. The van der Waals surface area contributed by atoms with Crippen molar-refractivity contribution < 1.29 is 14.3 Å². The van der Waals surface area contributed by atoms with Crippen molar-refractivity contribution in [1.29, 1.82) is 0 Å². The van der Waals surface area contributed by atoms with Gasteiger partial charge >= 0.3 is 0 Å². The summed E-state index contributed by atoms with van der Waals surface area (Å²) in [7, 11) is 0. The largest absolute Gasteiger partial charge is 0.457 e. The number of halogens is 2. The molecule has 1 aliphatic rings. The SMILES string of the molecule is O=C(c1ccc(Oc2ccccc2)cc1Cl)c1c[nH]c2ncnc(NCC3CCCN3C(=O)CBr)c12. The predicted molar refractivity (Wildman–Crippen MR) is 142 cm³/mol. The highest BCUT2D eigenvalue weighted by Gasteiger charge is 2.28. The zero-order chi connectivity index (χ0) is 25.1. The summed E-state index contributed by atoms with van der Waals surface area (Å²) in [5.74, 6) is 1.55. The lowest BCUT2D eigenvalue weighted by Crippen LogP contribution is -2.40. The first-order valence-corrected chi connectivity index (χ1v) is 13.0. The second-order valence-corrected chi connectivity index (χ2v) is 9.40. The van der Waals surface area contributed by atoms with Gasteiger partial charge in [-0.25, -0.2) is 9.97 Å². The number of nitrogens with zero attached hydrogens (tertiary/aromatic N) is 3. The Hall–Kier alpha value is -3.43. The molecule has 2 aromatic carbocycles. The van der Waals surface area contributed by atoms with Gasteiger partial charge in [0, 0.05) is 37.0 Å². The summed E-state index contributed by atoms with van der Waals surface area (Å²) in [5.41, 5.74) is 1.29. The Morgan fingerprint density at radius 3 is 2.75 bits per heavy atom. The average Bonchev–Trinajstić information content (AvgIpc) is 3.55. The quantitative estimate of drug-likeness (QED) is 0.217. The van der Waals surface area contributed by atoms with E-state index in [4.69, 9.17) is 16.3 Å². The van der Waals surface area contributed by atoms with Crippen LogP contribution in [0.2, 0.25) is 5.02 Å². The van der Waals surface area contributed by atoms with E-state index in [1.807, 2.05) is 35.2 Å². The number of benzene rings is 2. The molecule has 36 heavy (non-hydrogen) atoms. The summed E-state index contributed by atoms with van der Waals surface area (Å²) >= 11 is 9.76. The highest BCUT2D eigenvalue weighted by molar-refractivity contribution is 9.09. The molecule has 184 valence electrons. The van der Waals surface area contributed by atoms with Crippen LogP contribution in [0.15, 0.2) is 61.1 Å². The third-order valence-electron chi connectivity index (χ3n) is 6.20. The summed E-state index contributed by atoms with van der Waals surface area (Å²) < 4.78 is 5.83. The molecule has 1 amide bonds. The third-order valence-corrected chi connectivity index (χ3v) is 6.99. The van der Waals surface area contributed by atoms with Crippen molar-refractivity contribution in [1.82, 2.24) is 19.9 Å². The maximum Gasteiger partial charge on any atom is 0.233 e. The van der Waals surface area contributed by atoms with E-state index in [0.29, 0.717) is 51.4 Å². The van der Waals surface area contributed by atoms with Gasteiger partial charge in [0.1, 0.15) is 29.3 Å². The van der Waals surface area contributed by atoms with E-state index in [-0.39, 0.29) is 22.8 Å². The van der Waals surface area contributed by atoms with Gasteiger partial charge in [-0.1, -0.05) is 45.7 Å². The van der Waals surface area contributed by atoms with Crippen LogP contribution in [-0.2, 0) is 4.79 Å². The minimum atomic E-state index is -0.257. The van der Waals surface area contributed by atoms with E-state index in [0.717, 1.165) is 19.4 Å². The summed E-state index contributed by atoms with van der Waals surface area (Å²) in [6.45, 7) is 1.27. The monoisotopic (exact) mass is 567 g/mol. The average molecular weight is 569 g/mol. The van der Waals surface area contributed by atoms with Crippen molar-refractivity contribution >= 4 is 56.1 Å². The number of para-hydroxylation sites is 1. The van der Waals surface area contributed by atoms with Crippen molar-refractivity contribution in [2.45, 2.75) is 18.9 Å². The summed E-state index contributed by atoms with van der Waals surface area (Å²) in [6, 6.07) is 14.4. The van der Waals surface area contributed by atoms with Gasteiger partial charge in [-0.15, -0.1) is 0 Å². The highest BCUT2D eigenvalue weighted by atomic mass is 79.9. The lowest BCUT2D eigenvalue weighted by Gasteiger charge is -2.24. The van der Waals surface area contributed by atoms with Crippen molar-refractivity contribution in [3.8, 4) is 11.5 Å². The van der Waals surface area contributed by atoms with Crippen LogP contribution in [0.25, 0.3) is 11.0 Å². The van der Waals surface area contributed by atoms with Crippen molar-refractivity contribution in [3.63, 3.8) is 0 Å². The van der Waals surface area contributed by atoms with Gasteiger partial charge < -0.3 is 19.9 Å². The highest BCUT2D eigenvalue weighted by Crippen LogP contribution is 2.31. The molecule has 0 radical (unpaired) electrons. The molecule has 5 rings (SSSR count). The second kappa shape index (κ2) is 10.7.